The number of ether oxygens (including phenoxy) is 1. The van der Waals surface area contributed by atoms with E-state index in [4.69, 9.17) is 4.74 Å². The van der Waals surface area contributed by atoms with Gasteiger partial charge in [0.15, 0.2) is 0 Å². The smallest absolute Gasteiger partial charge is 0.254 e. The van der Waals surface area contributed by atoms with Crippen LogP contribution in [0.5, 0.6) is 5.75 Å². The zero-order valence-corrected chi connectivity index (χ0v) is 15.2. The molecule has 0 atom stereocenters. The Hall–Kier alpha value is -2.93. The normalized spacial score (nSPS) is 14.7. The number of nitrogens with one attached hydrogen (secondary N) is 1. The Balaban J connectivity index is 1.49. The molecular weight excluding hydrogens is 349 g/mol. The number of nitrogens with zero attached hydrogens (tertiary/aromatic N) is 2. The Morgan fingerprint density at radius 2 is 1.81 bits per heavy atom. The molecule has 1 aliphatic heterocycles. The third-order valence-corrected chi connectivity index (χ3v) is 4.45. The summed E-state index contributed by atoms with van der Waals surface area (Å²) in [4.78, 5) is 28.5. The van der Waals surface area contributed by atoms with E-state index < -0.39 is 5.82 Å². The maximum Gasteiger partial charge on any atom is 0.254 e. The number of hydrogen-bond acceptors (Lipinski definition) is 4. The molecule has 27 heavy (non-hydrogen) atoms. The van der Waals surface area contributed by atoms with E-state index >= 15 is 0 Å². The molecule has 1 fully saturated rings. The molecule has 1 N–H and O–H groups in total. The van der Waals surface area contributed by atoms with Gasteiger partial charge in [0.1, 0.15) is 11.6 Å². The van der Waals surface area contributed by atoms with Crippen LogP contribution in [0.4, 0.5) is 10.1 Å². The molecule has 1 heterocycles. The van der Waals surface area contributed by atoms with Crippen LogP contribution in [0.25, 0.3) is 0 Å². The average Bonchev–Trinajstić information content (AvgIpc) is 2.68. The van der Waals surface area contributed by atoms with Crippen molar-refractivity contribution in [1.82, 2.24) is 9.80 Å². The molecule has 0 aliphatic carbocycles. The van der Waals surface area contributed by atoms with Gasteiger partial charge in [-0.25, -0.2) is 4.39 Å². The number of methoxy groups -OCH3 is 1. The summed E-state index contributed by atoms with van der Waals surface area (Å²) in [6, 6.07) is 12.9. The van der Waals surface area contributed by atoms with Crippen LogP contribution in [0.1, 0.15) is 10.4 Å². The van der Waals surface area contributed by atoms with Crippen molar-refractivity contribution in [3.8, 4) is 5.75 Å². The fourth-order valence-electron chi connectivity index (χ4n) is 3.02. The SMILES string of the molecule is COc1cccc(C(=O)N2CCN(CC(=O)Nc3cccc(F)c3)CC2)c1. The van der Waals surface area contributed by atoms with Crippen LogP contribution < -0.4 is 10.1 Å². The van der Waals surface area contributed by atoms with Gasteiger partial charge >= 0.3 is 0 Å². The van der Waals surface area contributed by atoms with E-state index in [2.05, 4.69) is 5.32 Å². The highest BCUT2D eigenvalue weighted by atomic mass is 19.1. The number of carbonyl (C=O) groups excluding carboxylic acids is 2. The molecule has 142 valence electrons. The van der Waals surface area contributed by atoms with E-state index in [1.54, 1.807) is 48.4 Å². The van der Waals surface area contributed by atoms with Crippen molar-refractivity contribution < 1.29 is 18.7 Å². The van der Waals surface area contributed by atoms with Crippen LogP contribution >= 0.6 is 0 Å². The Bertz CT molecular complexity index is 820. The Morgan fingerprint density at radius 3 is 2.52 bits per heavy atom. The first kappa shape index (κ1) is 18.8. The maximum absolute atomic E-state index is 13.2. The molecule has 1 saturated heterocycles. The molecule has 0 saturated carbocycles. The van der Waals surface area contributed by atoms with E-state index in [0.717, 1.165) is 0 Å². The summed E-state index contributed by atoms with van der Waals surface area (Å²) in [5, 5.41) is 2.69. The summed E-state index contributed by atoms with van der Waals surface area (Å²) < 4.78 is 18.3. The van der Waals surface area contributed by atoms with Crippen LogP contribution in [-0.2, 0) is 4.79 Å². The number of piperazine rings is 1. The molecule has 7 heteroatoms. The third kappa shape index (κ3) is 5.04. The summed E-state index contributed by atoms with van der Waals surface area (Å²) >= 11 is 0. The lowest BCUT2D eigenvalue weighted by Gasteiger charge is -2.34. The van der Waals surface area contributed by atoms with Crippen LogP contribution in [0, 0.1) is 5.82 Å². The van der Waals surface area contributed by atoms with Gasteiger partial charge in [-0.2, -0.15) is 0 Å². The number of rotatable bonds is 5. The van der Waals surface area contributed by atoms with Gasteiger partial charge in [-0.1, -0.05) is 12.1 Å². The van der Waals surface area contributed by atoms with E-state index in [-0.39, 0.29) is 18.4 Å². The summed E-state index contributed by atoms with van der Waals surface area (Å²) in [6.07, 6.45) is 0. The van der Waals surface area contributed by atoms with Crippen molar-refractivity contribution in [1.29, 1.82) is 0 Å². The van der Waals surface area contributed by atoms with Gasteiger partial charge in [-0.05, 0) is 36.4 Å². The standard InChI is InChI=1S/C20H22FN3O3/c1-27-18-7-2-4-15(12-18)20(26)24-10-8-23(9-11-24)14-19(25)22-17-6-3-5-16(21)13-17/h2-7,12-13H,8-11,14H2,1H3,(H,22,25). The summed E-state index contributed by atoms with van der Waals surface area (Å²) in [5.41, 5.74) is 1.03. The fourth-order valence-corrected chi connectivity index (χ4v) is 3.02. The predicted octanol–water partition coefficient (Wildman–Crippen LogP) is 2.23. The van der Waals surface area contributed by atoms with Crippen molar-refractivity contribution in [3.63, 3.8) is 0 Å². The molecule has 0 unspecified atom stereocenters. The minimum atomic E-state index is -0.391. The van der Waals surface area contributed by atoms with Crippen molar-refractivity contribution in [2.45, 2.75) is 0 Å². The molecule has 2 aromatic carbocycles. The van der Waals surface area contributed by atoms with Crippen molar-refractivity contribution in [2.75, 3.05) is 45.2 Å². The Labute approximate surface area is 157 Å². The molecule has 0 aromatic heterocycles. The van der Waals surface area contributed by atoms with E-state index in [1.807, 2.05) is 4.90 Å². The second-order valence-corrected chi connectivity index (χ2v) is 6.36. The van der Waals surface area contributed by atoms with Gasteiger partial charge in [0.25, 0.3) is 5.91 Å². The maximum atomic E-state index is 13.2. The first-order chi connectivity index (χ1) is 13.0. The number of benzene rings is 2. The number of anilines is 1. The lowest BCUT2D eigenvalue weighted by molar-refractivity contribution is -0.117. The zero-order chi connectivity index (χ0) is 19.2. The van der Waals surface area contributed by atoms with Crippen LogP contribution in [0.3, 0.4) is 0 Å². The molecule has 2 aromatic rings. The average molecular weight is 371 g/mol. The van der Waals surface area contributed by atoms with Crippen LogP contribution in [0.15, 0.2) is 48.5 Å². The molecule has 0 spiro atoms. The molecule has 0 bridgehead atoms. The first-order valence-corrected chi connectivity index (χ1v) is 8.76. The fraction of sp³-hybridized carbons (Fsp3) is 0.300. The summed E-state index contributed by atoms with van der Waals surface area (Å²) in [5.74, 6) is 0.0110. The quantitative estimate of drug-likeness (QED) is 0.876. The molecule has 0 radical (unpaired) electrons. The molecular formula is C20H22FN3O3. The third-order valence-electron chi connectivity index (χ3n) is 4.45. The Morgan fingerprint density at radius 1 is 1.07 bits per heavy atom. The second kappa shape index (κ2) is 8.64. The highest BCUT2D eigenvalue weighted by Gasteiger charge is 2.23. The van der Waals surface area contributed by atoms with E-state index in [0.29, 0.717) is 43.2 Å². The minimum absolute atomic E-state index is 0.0437. The lowest BCUT2D eigenvalue weighted by atomic mass is 10.1. The van der Waals surface area contributed by atoms with Gasteiger partial charge in [0.2, 0.25) is 5.91 Å². The highest BCUT2D eigenvalue weighted by Crippen LogP contribution is 2.16. The first-order valence-electron chi connectivity index (χ1n) is 8.76. The number of halogens is 1. The van der Waals surface area contributed by atoms with Crippen molar-refractivity contribution in [2.24, 2.45) is 0 Å². The van der Waals surface area contributed by atoms with E-state index in [9.17, 15) is 14.0 Å². The van der Waals surface area contributed by atoms with Crippen molar-refractivity contribution in [3.05, 3.63) is 59.9 Å². The highest BCUT2D eigenvalue weighted by molar-refractivity contribution is 5.95. The molecule has 2 amide bonds. The second-order valence-electron chi connectivity index (χ2n) is 6.36. The summed E-state index contributed by atoms with van der Waals surface area (Å²) in [6.45, 7) is 2.50. The van der Waals surface area contributed by atoms with Gasteiger partial charge in [0, 0.05) is 37.4 Å². The van der Waals surface area contributed by atoms with Crippen LogP contribution in [-0.4, -0.2) is 61.4 Å². The number of amides is 2. The topological polar surface area (TPSA) is 61.9 Å². The molecule has 1 aliphatic rings. The van der Waals surface area contributed by atoms with Gasteiger partial charge in [-0.3, -0.25) is 14.5 Å². The predicted molar refractivity (Wildman–Crippen MR) is 100 cm³/mol. The molecule has 3 rings (SSSR count). The van der Waals surface area contributed by atoms with Crippen molar-refractivity contribution >= 4 is 17.5 Å². The van der Waals surface area contributed by atoms with Gasteiger partial charge < -0.3 is 15.0 Å². The van der Waals surface area contributed by atoms with Crippen LogP contribution in [0.2, 0.25) is 0 Å². The largest absolute Gasteiger partial charge is 0.497 e. The monoisotopic (exact) mass is 371 g/mol. The molecule has 6 nitrogen and oxygen atoms in total. The van der Waals surface area contributed by atoms with E-state index in [1.165, 1.54) is 12.1 Å². The zero-order valence-electron chi connectivity index (χ0n) is 15.2. The minimum Gasteiger partial charge on any atom is -0.497 e. The van der Waals surface area contributed by atoms with Gasteiger partial charge in [0.05, 0.1) is 13.7 Å². The lowest BCUT2D eigenvalue weighted by Crippen LogP contribution is -2.50. The number of carbonyl (C=O) groups is 2. The summed E-state index contributed by atoms with van der Waals surface area (Å²) in [7, 11) is 1.57. The Kier molecular flexibility index (Phi) is 6.03. The number of hydrogen-bond donors (Lipinski definition) is 1. The van der Waals surface area contributed by atoms with Gasteiger partial charge in [-0.15, -0.1) is 0 Å².